The van der Waals surface area contributed by atoms with E-state index in [0.717, 1.165) is 25.6 Å². The predicted octanol–water partition coefficient (Wildman–Crippen LogP) is 1.09. The Morgan fingerprint density at radius 3 is 2.47 bits per heavy atom. The van der Waals surface area contributed by atoms with Gasteiger partial charge in [-0.15, -0.1) is 0 Å². The number of primary amides is 1. The smallest absolute Gasteiger partial charge is 0.237 e. The molecule has 17 heavy (non-hydrogen) atoms. The van der Waals surface area contributed by atoms with Gasteiger partial charge < -0.3 is 16.4 Å². The van der Waals surface area contributed by atoms with Gasteiger partial charge in [-0.05, 0) is 45.2 Å². The lowest BCUT2D eigenvalue weighted by molar-refractivity contribution is -0.122. The molecule has 4 nitrogen and oxygen atoms in total. The molecule has 4 N–H and O–H groups in total. The molecule has 1 amide bonds. The molecule has 1 heterocycles. The monoisotopic (exact) mass is 241 g/mol. The first-order valence-corrected chi connectivity index (χ1v) is 6.77. The molecule has 0 radical (unpaired) electrons. The van der Waals surface area contributed by atoms with E-state index in [9.17, 15) is 4.79 Å². The molecule has 1 fully saturated rings. The van der Waals surface area contributed by atoms with Crippen molar-refractivity contribution < 1.29 is 4.79 Å². The number of hydrogen-bond acceptors (Lipinski definition) is 3. The van der Waals surface area contributed by atoms with Crippen LogP contribution in [0.5, 0.6) is 0 Å². The highest BCUT2D eigenvalue weighted by molar-refractivity contribution is 5.83. The van der Waals surface area contributed by atoms with Crippen LogP contribution in [0.2, 0.25) is 0 Å². The first kappa shape index (κ1) is 14.5. The van der Waals surface area contributed by atoms with Crippen LogP contribution in [0.3, 0.4) is 0 Å². The van der Waals surface area contributed by atoms with Crippen LogP contribution in [0.1, 0.15) is 46.0 Å². The molecule has 1 aliphatic rings. The molecular formula is C13H27N3O. The number of nitrogens with zero attached hydrogens (tertiary/aromatic N) is 1. The Morgan fingerprint density at radius 2 is 2.00 bits per heavy atom. The number of rotatable bonds is 6. The highest BCUT2D eigenvalue weighted by Gasteiger charge is 2.27. The van der Waals surface area contributed by atoms with Crippen LogP contribution < -0.4 is 11.5 Å². The van der Waals surface area contributed by atoms with E-state index in [-0.39, 0.29) is 0 Å². The third-order valence-corrected chi connectivity index (χ3v) is 3.91. The van der Waals surface area contributed by atoms with E-state index in [0.29, 0.717) is 6.42 Å². The van der Waals surface area contributed by atoms with Gasteiger partial charge in [0, 0.05) is 6.54 Å². The van der Waals surface area contributed by atoms with Crippen molar-refractivity contribution in [1.82, 2.24) is 4.90 Å². The first-order chi connectivity index (χ1) is 7.95. The second kappa shape index (κ2) is 6.36. The van der Waals surface area contributed by atoms with E-state index < -0.39 is 11.4 Å². The van der Waals surface area contributed by atoms with Gasteiger partial charge in [-0.1, -0.05) is 19.8 Å². The minimum Gasteiger partial charge on any atom is -0.368 e. The number of likely N-dealkylation sites (tertiary alicyclic amines) is 1. The average Bonchev–Trinajstić information content (AvgIpc) is 2.28. The number of carbonyl (C=O) groups is 1. The standard InChI is InChI=1S/C13H27N3O/c1-3-4-11-5-8-16(9-6-11)10-7-13(2,15)12(14)17/h11H,3-10,15H2,1-2H3,(H2,14,17). The number of hydrogen-bond donors (Lipinski definition) is 2. The fourth-order valence-corrected chi connectivity index (χ4v) is 2.42. The van der Waals surface area contributed by atoms with Gasteiger partial charge in [0.05, 0.1) is 5.54 Å². The van der Waals surface area contributed by atoms with Gasteiger partial charge in [0.2, 0.25) is 5.91 Å². The molecule has 0 saturated carbocycles. The second-order valence-corrected chi connectivity index (χ2v) is 5.61. The summed E-state index contributed by atoms with van der Waals surface area (Å²) in [7, 11) is 0. The quantitative estimate of drug-likeness (QED) is 0.731. The molecule has 0 bridgehead atoms. The fourth-order valence-electron chi connectivity index (χ4n) is 2.42. The summed E-state index contributed by atoms with van der Waals surface area (Å²) in [6.45, 7) is 7.13. The number of nitrogens with two attached hydrogens (primary N) is 2. The van der Waals surface area contributed by atoms with Crippen molar-refractivity contribution in [1.29, 1.82) is 0 Å². The van der Waals surface area contributed by atoms with Crippen LogP contribution in [0.4, 0.5) is 0 Å². The van der Waals surface area contributed by atoms with Crippen molar-refractivity contribution >= 4 is 5.91 Å². The molecule has 0 spiro atoms. The molecular weight excluding hydrogens is 214 g/mol. The Kier molecular flexibility index (Phi) is 5.40. The largest absolute Gasteiger partial charge is 0.368 e. The van der Waals surface area contributed by atoms with Crippen LogP contribution in [-0.4, -0.2) is 36.0 Å². The molecule has 0 aromatic carbocycles. The summed E-state index contributed by atoms with van der Waals surface area (Å²) >= 11 is 0. The molecule has 0 aromatic rings. The maximum atomic E-state index is 11.1. The summed E-state index contributed by atoms with van der Waals surface area (Å²) in [5, 5.41) is 0. The predicted molar refractivity (Wildman–Crippen MR) is 70.5 cm³/mol. The second-order valence-electron chi connectivity index (χ2n) is 5.61. The van der Waals surface area contributed by atoms with E-state index in [4.69, 9.17) is 11.5 Å². The van der Waals surface area contributed by atoms with Crippen molar-refractivity contribution in [2.75, 3.05) is 19.6 Å². The highest BCUT2D eigenvalue weighted by atomic mass is 16.1. The van der Waals surface area contributed by atoms with E-state index in [1.165, 1.54) is 25.7 Å². The van der Waals surface area contributed by atoms with Gasteiger partial charge in [0.1, 0.15) is 0 Å². The SMILES string of the molecule is CCCC1CCN(CCC(C)(N)C(N)=O)CC1. The molecule has 1 unspecified atom stereocenters. The molecule has 4 heteroatoms. The minimum absolute atomic E-state index is 0.404. The molecule has 1 rings (SSSR count). The van der Waals surface area contributed by atoms with Gasteiger partial charge in [-0.25, -0.2) is 0 Å². The fraction of sp³-hybridized carbons (Fsp3) is 0.923. The highest BCUT2D eigenvalue weighted by Crippen LogP contribution is 2.22. The third-order valence-electron chi connectivity index (χ3n) is 3.91. The zero-order valence-corrected chi connectivity index (χ0v) is 11.2. The first-order valence-electron chi connectivity index (χ1n) is 6.77. The van der Waals surface area contributed by atoms with Crippen molar-refractivity contribution in [3.63, 3.8) is 0 Å². The third kappa shape index (κ3) is 4.64. The van der Waals surface area contributed by atoms with Crippen molar-refractivity contribution in [2.45, 2.75) is 51.5 Å². The molecule has 1 aliphatic heterocycles. The lowest BCUT2D eigenvalue weighted by Gasteiger charge is -2.33. The van der Waals surface area contributed by atoms with Crippen LogP contribution in [0.15, 0.2) is 0 Å². The summed E-state index contributed by atoms with van der Waals surface area (Å²) in [4.78, 5) is 13.5. The van der Waals surface area contributed by atoms with Crippen LogP contribution in [0.25, 0.3) is 0 Å². The van der Waals surface area contributed by atoms with E-state index in [2.05, 4.69) is 11.8 Å². The van der Waals surface area contributed by atoms with Crippen LogP contribution in [-0.2, 0) is 4.79 Å². The average molecular weight is 241 g/mol. The summed E-state index contributed by atoms with van der Waals surface area (Å²) in [5.41, 5.74) is 10.3. The lowest BCUT2D eigenvalue weighted by Crippen LogP contribution is -2.51. The number of piperidine rings is 1. The Morgan fingerprint density at radius 1 is 1.41 bits per heavy atom. The number of amides is 1. The zero-order chi connectivity index (χ0) is 12.9. The molecule has 0 aromatic heterocycles. The van der Waals surface area contributed by atoms with Crippen LogP contribution >= 0.6 is 0 Å². The van der Waals surface area contributed by atoms with Gasteiger partial charge in [-0.2, -0.15) is 0 Å². The zero-order valence-electron chi connectivity index (χ0n) is 11.2. The summed E-state index contributed by atoms with van der Waals surface area (Å²) in [6, 6.07) is 0. The maximum Gasteiger partial charge on any atom is 0.237 e. The number of carbonyl (C=O) groups excluding carboxylic acids is 1. The Bertz CT molecular complexity index is 245. The van der Waals surface area contributed by atoms with E-state index in [1.54, 1.807) is 6.92 Å². The lowest BCUT2D eigenvalue weighted by atomic mass is 9.91. The van der Waals surface area contributed by atoms with Gasteiger partial charge >= 0.3 is 0 Å². The van der Waals surface area contributed by atoms with E-state index in [1.807, 2.05) is 0 Å². The Balaban J connectivity index is 2.25. The van der Waals surface area contributed by atoms with Crippen LogP contribution in [0, 0.1) is 5.92 Å². The van der Waals surface area contributed by atoms with E-state index >= 15 is 0 Å². The minimum atomic E-state index is -0.861. The van der Waals surface area contributed by atoms with Crippen molar-refractivity contribution in [2.24, 2.45) is 17.4 Å². The van der Waals surface area contributed by atoms with Gasteiger partial charge in [0.15, 0.2) is 0 Å². The van der Waals surface area contributed by atoms with Gasteiger partial charge in [0.25, 0.3) is 0 Å². The summed E-state index contributed by atoms with van der Waals surface area (Å²) < 4.78 is 0. The van der Waals surface area contributed by atoms with Crippen molar-refractivity contribution in [3.05, 3.63) is 0 Å². The molecule has 1 saturated heterocycles. The van der Waals surface area contributed by atoms with Crippen molar-refractivity contribution in [3.8, 4) is 0 Å². The summed E-state index contributed by atoms with van der Waals surface area (Å²) in [5.74, 6) is 0.495. The molecule has 0 aliphatic carbocycles. The Labute approximate surface area is 105 Å². The topological polar surface area (TPSA) is 72.3 Å². The molecule has 1 atom stereocenters. The molecule has 100 valence electrons. The summed E-state index contributed by atoms with van der Waals surface area (Å²) in [6.07, 6.45) is 5.86. The normalized spacial score (nSPS) is 22.3. The Hall–Kier alpha value is -0.610. The maximum absolute atomic E-state index is 11.1. The van der Waals surface area contributed by atoms with Gasteiger partial charge in [-0.3, -0.25) is 4.79 Å².